The highest BCUT2D eigenvalue weighted by Crippen LogP contribution is 2.15. The van der Waals surface area contributed by atoms with Crippen LogP contribution in [0.1, 0.15) is 17.3 Å². The first-order valence-electron chi connectivity index (χ1n) is 7.69. The van der Waals surface area contributed by atoms with Crippen LogP contribution in [0, 0.1) is 0 Å². The van der Waals surface area contributed by atoms with E-state index in [4.69, 9.17) is 0 Å². The largest absolute Gasteiger partial charge is 0.378 e. The molecule has 25 heavy (non-hydrogen) atoms. The van der Waals surface area contributed by atoms with Gasteiger partial charge in [0.25, 0.3) is 5.91 Å². The van der Waals surface area contributed by atoms with E-state index in [1.807, 2.05) is 43.3 Å². The summed E-state index contributed by atoms with van der Waals surface area (Å²) in [5.74, 6) is -0.601. The molecular weight excluding hydrogens is 318 g/mol. The number of amides is 2. The number of rotatable bonds is 6. The minimum atomic E-state index is -0.310. The van der Waals surface area contributed by atoms with Crippen LogP contribution in [0.4, 0.5) is 11.4 Å². The van der Waals surface area contributed by atoms with Crippen molar-refractivity contribution in [1.82, 2.24) is 15.8 Å². The lowest BCUT2D eigenvalue weighted by atomic mass is 10.2. The van der Waals surface area contributed by atoms with E-state index in [9.17, 15) is 9.59 Å². The van der Waals surface area contributed by atoms with Crippen molar-refractivity contribution in [2.24, 2.45) is 0 Å². The first-order valence-corrected chi connectivity index (χ1v) is 7.69. The zero-order chi connectivity index (χ0) is 18.2. The van der Waals surface area contributed by atoms with Gasteiger partial charge in [-0.3, -0.25) is 20.0 Å². The molecule has 7 nitrogen and oxygen atoms in total. The zero-order valence-corrected chi connectivity index (χ0v) is 14.4. The predicted octanol–water partition coefficient (Wildman–Crippen LogP) is 1.92. The highest BCUT2D eigenvalue weighted by Gasteiger charge is 2.05. The molecule has 0 radical (unpaired) electrons. The molecule has 0 unspecified atom stereocenters. The van der Waals surface area contributed by atoms with Crippen LogP contribution in [0.2, 0.25) is 0 Å². The Kier molecular flexibility index (Phi) is 6.11. The van der Waals surface area contributed by atoms with Gasteiger partial charge in [0.2, 0.25) is 5.91 Å². The average molecular weight is 339 g/mol. The number of nitrogens with zero attached hydrogens (tertiary/aromatic N) is 2. The van der Waals surface area contributed by atoms with Gasteiger partial charge in [0.1, 0.15) is 0 Å². The Morgan fingerprint density at radius 2 is 1.64 bits per heavy atom. The number of anilines is 2. The zero-order valence-electron chi connectivity index (χ0n) is 14.4. The second kappa shape index (κ2) is 8.49. The van der Waals surface area contributed by atoms with Crippen molar-refractivity contribution in [2.45, 2.75) is 6.92 Å². The molecule has 3 N–H and O–H groups in total. The van der Waals surface area contributed by atoms with Crippen molar-refractivity contribution in [1.29, 1.82) is 0 Å². The van der Waals surface area contributed by atoms with E-state index in [0.29, 0.717) is 16.9 Å². The van der Waals surface area contributed by atoms with E-state index in [1.54, 1.807) is 19.1 Å². The topological polar surface area (TPSA) is 86.4 Å². The molecule has 0 aliphatic carbocycles. The van der Waals surface area contributed by atoms with Gasteiger partial charge in [-0.05, 0) is 43.3 Å². The lowest BCUT2D eigenvalue weighted by Crippen LogP contribution is -2.36. The van der Waals surface area contributed by atoms with Crippen molar-refractivity contribution >= 4 is 23.2 Å². The lowest BCUT2D eigenvalue weighted by Gasteiger charge is -2.13. The number of hydrogen-bond donors (Lipinski definition) is 3. The summed E-state index contributed by atoms with van der Waals surface area (Å²) in [6, 6.07) is 10.7. The molecule has 1 heterocycles. The molecule has 0 atom stereocenters. The molecule has 7 heteroatoms. The predicted molar refractivity (Wildman–Crippen MR) is 98.0 cm³/mol. The summed E-state index contributed by atoms with van der Waals surface area (Å²) in [6.45, 7) is 1.68. The standard InChI is InChI=1S/C18H21N5O2/c1-13(21-22-18(25)14-8-10-19-11-9-14)12-17(24)20-15-4-6-16(7-5-15)23(2)3/h4-12,21H,1-3H3,(H,20,24)(H,22,25)/b13-12-. The van der Waals surface area contributed by atoms with Crippen LogP contribution in [0.5, 0.6) is 0 Å². The van der Waals surface area contributed by atoms with Crippen molar-refractivity contribution < 1.29 is 9.59 Å². The second-order valence-corrected chi connectivity index (χ2v) is 5.57. The fourth-order valence-corrected chi connectivity index (χ4v) is 1.98. The number of aromatic nitrogens is 1. The van der Waals surface area contributed by atoms with Crippen LogP contribution in [0.15, 0.2) is 60.6 Å². The lowest BCUT2D eigenvalue weighted by molar-refractivity contribution is -0.112. The molecule has 130 valence electrons. The van der Waals surface area contributed by atoms with Gasteiger partial charge in [-0.2, -0.15) is 0 Å². The SMILES string of the molecule is C/C(=C/C(=O)Nc1ccc(N(C)C)cc1)NNC(=O)c1ccncc1. The molecular formula is C18H21N5O2. The van der Waals surface area contributed by atoms with Gasteiger partial charge in [-0.25, -0.2) is 0 Å². The van der Waals surface area contributed by atoms with Crippen molar-refractivity contribution in [3.63, 3.8) is 0 Å². The van der Waals surface area contributed by atoms with Gasteiger partial charge < -0.3 is 15.6 Å². The Hall–Kier alpha value is -3.35. The number of carbonyl (C=O) groups excluding carboxylic acids is 2. The van der Waals surface area contributed by atoms with Crippen LogP contribution in [-0.2, 0) is 4.79 Å². The Bertz CT molecular complexity index is 755. The van der Waals surface area contributed by atoms with Crippen molar-refractivity contribution in [3.8, 4) is 0 Å². The van der Waals surface area contributed by atoms with E-state index in [1.165, 1.54) is 18.5 Å². The number of pyridine rings is 1. The molecule has 2 aromatic rings. The fourth-order valence-electron chi connectivity index (χ4n) is 1.98. The van der Waals surface area contributed by atoms with Gasteiger partial charge in [0.05, 0.1) is 0 Å². The highest BCUT2D eigenvalue weighted by molar-refractivity contribution is 5.99. The maximum absolute atomic E-state index is 12.0. The van der Waals surface area contributed by atoms with E-state index >= 15 is 0 Å². The number of carbonyl (C=O) groups is 2. The van der Waals surface area contributed by atoms with E-state index in [0.717, 1.165) is 5.69 Å². The highest BCUT2D eigenvalue weighted by atomic mass is 16.2. The van der Waals surface area contributed by atoms with Gasteiger partial charge in [-0.1, -0.05) is 0 Å². The average Bonchev–Trinajstić information content (AvgIpc) is 2.60. The smallest absolute Gasteiger partial charge is 0.269 e. The van der Waals surface area contributed by atoms with Gasteiger partial charge in [0, 0.05) is 55.2 Å². The Morgan fingerprint density at radius 1 is 1.00 bits per heavy atom. The molecule has 2 rings (SSSR count). The van der Waals surface area contributed by atoms with Crippen molar-refractivity contribution in [3.05, 3.63) is 66.1 Å². The van der Waals surface area contributed by atoms with Crippen LogP contribution in [-0.4, -0.2) is 30.9 Å². The number of hydrogen-bond acceptors (Lipinski definition) is 5. The molecule has 0 bridgehead atoms. The summed E-state index contributed by atoms with van der Waals surface area (Å²) in [5, 5.41) is 2.76. The summed E-state index contributed by atoms with van der Waals surface area (Å²) < 4.78 is 0. The summed E-state index contributed by atoms with van der Waals surface area (Å²) in [4.78, 5) is 29.7. The molecule has 1 aromatic carbocycles. The van der Waals surface area contributed by atoms with Crippen LogP contribution < -0.4 is 21.1 Å². The maximum Gasteiger partial charge on any atom is 0.269 e. The summed E-state index contributed by atoms with van der Waals surface area (Å²) in [5.41, 5.74) is 7.93. The Morgan fingerprint density at radius 3 is 2.24 bits per heavy atom. The van der Waals surface area contributed by atoms with E-state index < -0.39 is 0 Å². The van der Waals surface area contributed by atoms with Gasteiger partial charge >= 0.3 is 0 Å². The second-order valence-electron chi connectivity index (χ2n) is 5.57. The first-order chi connectivity index (χ1) is 12.0. The molecule has 1 aromatic heterocycles. The van der Waals surface area contributed by atoms with Gasteiger partial charge in [0.15, 0.2) is 0 Å². The number of benzene rings is 1. The summed E-state index contributed by atoms with van der Waals surface area (Å²) in [6.07, 6.45) is 4.44. The molecule has 0 saturated heterocycles. The van der Waals surface area contributed by atoms with E-state index in [-0.39, 0.29) is 11.8 Å². The third kappa shape index (κ3) is 5.65. The molecule has 0 fully saturated rings. The van der Waals surface area contributed by atoms with Crippen LogP contribution >= 0.6 is 0 Å². The summed E-state index contributed by atoms with van der Waals surface area (Å²) in [7, 11) is 3.90. The molecule has 2 amide bonds. The number of hydrazine groups is 1. The molecule has 0 aliphatic rings. The Balaban J connectivity index is 1.86. The fraction of sp³-hybridized carbons (Fsp3) is 0.167. The summed E-state index contributed by atoms with van der Waals surface area (Å²) >= 11 is 0. The van der Waals surface area contributed by atoms with E-state index in [2.05, 4.69) is 21.2 Å². The third-order valence-electron chi connectivity index (χ3n) is 3.31. The maximum atomic E-state index is 12.0. The number of allylic oxidation sites excluding steroid dienone is 1. The minimum absolute atomic E-state index is 0.291. The molecule has 0 aliphatic heterocycles. The van der Waals surface area contributed by atoms with Crippen molar-refractivity contribution in [2.75, 3.05) is 24.3 Å². The van der Waals surface area contributed by atoms with Gasteiger partial charge in [-0.15, -0.1) is 0 Å². The van der Waals surface area contributed by atoms with Crippen LogP contribution in [0.25, 0.3) is 0 Å². The number of nitrogens with one attached hydrogen (secondary N) is 3. The monoisotopic (exact) mass is 339 g/mol. The first kappa shape index (κ1) is 18.0. The minimum Gasteiger partial charge on any atom is -0.378 e. The quantitative estimate of drug-likeness (QED) is 0.553. The normalized spacial score (nSPS) is 10.8. The van der Waals surface area contributed by atoms with Crippen LogP contribution in [0.3, 0.4) is 0 Å². The Labute approximate surface area is 146 Å². The molecule has 0 saturated carbocycles. The third-order valence-corrected chi connectivity index (χ3v) is 3.31. The molecule has 0 spiro atoms.